The summed E-state index contributed by atoms with van der Waals surface area (Å²) in [6.07, 6.45) is 6.28. The summed E-state index contributed by atoms with van der Waals surface area (Å²) in [4.78, 5) is 39.8. The van der Waals surface area contributed by atoms with E-state index >= 15 is 0 Å². The van der Waals surface area contributed by atoms with E-state index in [2.05, 4.69) is 23.8 Å². The maximum atomic E-state index is 13.6. The highest BCUT2D eigenvalue weighted by molar-refractivity contribution is 5.86. The summed E-state index contributed by atoms with van der Waals surface area (Å²) in [7, 11) is 0. The molecule has 0 aliphatic heterocycles. The second kappa shape index (κ2) is 19.7. The van der Waals surface area contributed by atoms with Gasteiger partial charge in [-0.05, 0) is 55.2 Å². The number of aliphatic hydroxyl groups excluding tert-OH is 1. The van der Waals surface area contributed by atoms with Crippen molar-refractivity contribution in [2.24, 2.45) is 11.8 Å². The van der Waals surface area contributed by atoms with Crippen molar-refractivity contribution in [3.05, 3.63) is 133 Å². The standard InChI is InChI=1S/C38H46N2O5/c1-3-5-9-23-33(24-29-17-10-6-11-18-29)38(44)45-35(31-21-14-8-15-22-31)27-39-37(43)32(16-4-2)26-36(42)40-34(28-41)25-30-19-12-7-13-20-30/h3-4,6-8,10-15,17-22,32-35,41H,1-2,5,9,16,23-28H2,(H,39,43)(H,40,42)/t32-,33-,34+,35+/m1/s1. The number of ether oxygens (including phenoxy) is 1. The molecule has 3 rings (SSSR count). The van der Waals surface area contributed by atoms with E-state index < -0.39 is 18.1 Å². The van der Waals surface area contributed by atoms with Crippen LogP contribution in [-0.2, 0) is 32.0 Å². The summed E-state index contributed by atoms with van der Waals surface area (Å²) in [6, 6.07) is 28.3. The molecule has 3 aromatic carbocycles. The zero-order valence-electron chi connectivity index (χ0n) is 26.0. The lowest BCUT2D eigenvalue weighted by atomic mass is 9.94. The molecule has 0 spiro atoms. The number of hydrogen-bond acceptors (Lipinski definition) is 5. The van der Waals surface area contributed by atoms with Gasteiger partial charge in [0.15, 0.2) is 0 Å². The van der Waals surface area contributed by atoms with E-state index in [0.717, 1.165) is 29.5 Å². The van der Waals surface area contributed by atoms with Crippen molar-refractivity contribution < 1.29 is 24.2 Å². The van der Waals surface area contributed by atoms with E-state index in [-0.39, 0.29) is 43.3 Å². The maximum absolute atomic E-state index is 13.6. The summed E-state index contributed by atoms with van der Waals surface area (Å²) in [5.41, 5.74) is 2.81. The molecular formula is C38H46N2O5. The summed E-state index contributed by atoms with van der Waals surface area (Å²) in [5.74, 6) is -2.00. The van der Waals surface area contributed by atoms with Crippen LogP contribution in [-0.4, -0.2) is 42.1 Å². The highest BCUT2D eigenvalue weighted by Gasteiger charge is 2.27. The number of hydrogen-bond donors (Lipinski definition) is 3. The Morgan fingerprint density at radius 1 is 0.800 bits per heavy atom. The van der Waals surface area contributed by atoms with Crippen molar-refractivity contribution in [2.45, 2.75) is 57.1 Å². The number of rotatable bonds is 20. The molecule has 0 bridgehead atoms. The molecule has 0 saturated carbocycles. The number of aliphatic hydroxyl groups is 1. The predicted octanol–water partition coefficient (Wildman–Crippen LogP) is 5.90. The summed E-state index contributed by atoms with van der Waals surface area (Å²) in [5, 5.41) is 15.6. The van der Waals surface area contributed by atoms with Crippen molar-refractivity contribution in [2.75, 3.05) is 13.2 Å². The summed E-state index contributed by atoms with van der Waals surface area (Å²) in [6.45, 7) is 7.40. The maximum Gasteiger partial charge on any atom is 0.309 e. The van der Waals surface area contributed by atoms with Gasteiger partial charge in [0.05, 0.1) is 31.0 Å². The summed E-state index contributed by atoms with van der Waals surface area (Å²) >= 11 is 0. The number of allylic oxidation sites excluding steroid dienone is 2. The highest BCUT2D eigenvalue weighted by Crippen LogP contribution is 2.23. The lowest BCUT2D eigenvalue weighted by Crippen LogP contribution is -2.42. The predicted molar refractivity (Wildman–Crippen MR) is 178 cm³/mol. The van der Waals surface area contributed by atoms with Crippen LogP contribution in [0.15, 0.2) is 116 Å². The van der Waals surface area contributed by atoms with E-state index in [1.165, 1.54) is 0 Å². The number of benzene rings is 3. The Morgan fingerprint density at radius 2 is 1.40 bits per heavy atom. The average molecular weight is 611 g/mol. The second-order valence-corrected chi connectivity index (χ2v) is 11.2. The fourth-order valence-electron chi connectivity index (χ4n) is 5.23. The average Bonchev–Trinajstić information content (AvgIpc) is 3.06. The van der Waals surface area contributed by atoms with E-state index in [1.807, 2.05) is 97.1 Å². The van der Waals surface area contributed by atoms with Crippen molar-refractivity contribution in [1.29, 1.82) is 0 Å². The highest BCUT2D eigenvalue weighted by atomic mass is 16.5. The summed E-state index contributed by atoms with van der Waals surface area (Å²) < 4.78 is 6.09. The van der Waals surface area contributed by atoms with Gasteiger partial charge in [-0.25, -0.2) is 0 Å². The number of amides is 2. The minimum Gasteiger partial charge on any atom is -0.455 e. The van der Waals surface area contributed by atoms with Crippen LogP contribution in [0.2, 0.25) is 0 Å². The van der Waals surface area contributed by atoms with E-state index in [4.69, 9.17) is 4.74 Å². The monoisotopic (exact) mass is 610 g/mol. The molecular weight excluding hydrogens is 564 g/mol. The normalized spacial score (nSPS) is 13.4. The molecule has 0 aromatic heterocycles. The smallest absolute Gasteiger partial charge is 0.309 e. The minimum atomic E-state index is -0.705. The Labute approximate surface area is 267 Å². The fourth-order valence-corrected chi connectivity index (χ4v) is 5.23. The van der Waals surface area contributed by atoms with Gasteiger partial charge in [-0.3, -0.25) is 14.4 Å². The molecule has 4 atom stereocenters. The molecule has 2 amide bonds. The third kappa shape index (κ3) is 12.6. The molecule has 0 aliphatic carbocycles. The SMILES string of the molecule is C=CCCC[C@H](Cc1ccccc1)C(=O)O[C@@H](CNC(=O)[C@H](CC=C)CC(=O)N[C@H](CO)Cc1ccccc1)c1ccccc1. The van der Waals surface area contributed by atoms with E-state index in [0.29, 0.717) is 25.7 Å². The van der Waals surface area contributed by atoms with Crippen LogP contribution in [0.1, 0.15) is 54.9 Å². The Bertz CT molecular complexity index is 1330. The molecule has 0 fully saturated rings. The Hall–Kier alpha value is -4.49. The van der Waals surface area contributed by atoms with Gasteiger partial charge < -0.3 is 20.5 Å². The molecule has 45 heavy (non-hydrogen) atoms. The third-order valence-electron chi connectivity index (χ3n) is 7.67. The van der Waals surface area contributed by atoms with Gasteiger partial charge in [-0.2, -0.15) is 0 Å². The second-order valence-electron chi connectivity index (χ2n) is 11.2. The number of unbranched alkanes of at least 4 members (excludes halogenated alkanes) is 1. The van der Waals surface area contributed by atoms with Gasteiger partial charge in [-0.15, -0.1) is 13.2 Å². The molecule has 0 unspecified atom stereocenters. The largest absolute Gasteiger partial charge is 0.455 e. The molecule has 0 saturated heterocycles. The fraction of sp³-hybridized carbons (Fsp3) is 0.342. The van der Waals surface area contributed by atoms with Gasteiger partial charge in [-0.1, -0.05) is 103 Å². The van der Waals surface area contributed by atoms with Crippen LogP contribution >= 0.6 is 0 Å². The zero-order chi connectivity index (χ0) is 32.3. The first-order chi connectivity index (χ1) is 21.9. The van der Waals surface area contributed by atoms with Crippen LogP contribution in [0, 0.1) is 11.8 Å². The molecule has 0 heterocycles. The molecule has 238 valence electrons. The lowest BCUT2D eigenvalue weighted by Gasteiger charge is -2.24. The molecule has 0 aliphatic rings. The van der Waals surface area contributed by atoms with Crippen molar-refractivity contribution in [3.63, 3.8) is 0 Å². The van der Waals surface area contributed by atoms with Gasteiger partial charge >= 0.3 is 5.97 Å². The molecule has 0 radical (unpaired) electrons. The Balaban J connectivity index is 1.66. The number of carbonyl (C=O) groups excluding carboxylic acids is 3. The Morgan fingerprint density at radius 3 is 1.98 bits per heavy atom. The van der Waals surface area contributed by atoms with Gasteiger partial charge in [0, 0.05) is 6.42 Å². The topological polar surface area (TPSA) is 105 Å². The zero-order valence-corrected chi connectivity index (χ0v) is 26.0. The van der Waals surface area contributed by atoms with E-state index in [1.54, 1.807) is 6.08 Å². The third-order valence-corrected chi connectivity index (χ3v) is 7.67. The first-order valence-electron chi connectivity index (χ1n) is 15.7. The minimum absolute atomic E-state index is 0.0574. The van der Waals surface area contributed by atoms with Crippen LogP contribution in [0.5, 0.6) is 0 Å². The quantitative estimate of drug-likeness (QED) is 0.0839. The van der Waals surface area contributed by atoms with Crippen molar-refractivity contribution in [3.8, 4) is 0 Å². The number of esters is 1. The molecule has 7 heteroatoms. The van der Waals surface area contributed by atoms with Crippen LogP contribution in [0.25, 0.3) is 0 Å². The van der Waals surface area contributed by atoms with E-state index in [9.17, 15) is 19.5 Å². The van der Waals surface area contributed by atoms with Crippen LogP contribution in [0.4, 0.5) is 0 Å². The number of carbonyl (C=O) groups is 3. The Kier molecular flexibility index (Phi) is 15.3. The van der Waals surface area contributed by atoms with Crippen LogP contribution in [0.3, 0.4) is 0 Å². The first-order valence-corrected chi connectivity index (χ1v) is 15.7. The van der Waals surface area contributed by atoms with Gasteiger partial charge in [0.2, 0.25) is 11.8 Å². The molecule has 3 N–H and O–H groups in total. The van der Waals surface area contributed by atoms with Crippen LogP contribution < -0.4 is 10.6 Å². The van der Waals surface area contributed by atoms with Gasteiger partial charge in [0.1, 0.15) is 6.10 Å². The molecule has 3 aromatic rings. The molecule has 7 nitrogen and oxygen atoms in total. The van der Waals surface area contributed by atoms with Gasteiger partial charge in [0.25, 0.3) is 0 Å². The van der Waals surface area contributed by atoms with Crippen molar-refractivity contribution >= 4 is 17.8 Å². The first kappa shape index (κ1) is 35.0. The lowest BCUT2D eigenvalue weighted by molar-refractivity contribution is -0.155. The van der Waals surface area contributed by atoms with Crippen molar-refractivity contribution in [1.82, 2.24) is 10.6 Å². The number of nitrogens with one attached hydrogen (secondary N) is 2.